The van der Waals surface area contributed by atoms with Gasteiger partial charge in [0.25, 0.3) is 0 Å². The van der Waals surface area contributed by atoms with Crippen LogP contribution in [-0.4, -0.2) is 35.4 Å². The first-order valence-electron chi connectivity index (χ1n) is 8.02. The number of nitrogens with one attached hydrogen (secondary N) is 1. The van der Waals surface area contributed by atoms with Crippen LogP contribution in [0.5, 0.6) is 0 Å². The highest BCUT2D eigenvalue weighted by molar-refractivity contribution is 4.98. The molecule has 1 saturated heterocycles. The lowest BCUT2D eigenvalue weighted by Gasteiger charge is -2.26. The molecular weight excluding hydrogens is 254 g/mol. The minimum absolute atomic E-state index is 0.296. The summed E-state index contributed by atoms with van der Waals surface area (Å²) in [4.78, 5) is 4.59. The molecule has 20 heavy (non-hydrogen) atoms. The van der Waals surface area contributed by atoms with Crippen LogP contribution < -0.4 is 5.32 Å². The summed E-state index contributed by atoms with van der Waals surface area (Å²) in [7, 11) is 0. The van der Waals surface area contributed by atoms with E-state index >= 15 is 0 Å². The summed E-state index contributed by atoms with van der Waals surface area (Å²) >= 11 is 0. The molecule has 1 aliphatic heterocycles. The number of aromatic nitrogens is 2. The molecule has 1 aromatic heterocycles. The van der Waals surface area contributed by atoms with Crippen LogP contribution in [0, 0.1) is 0 Å². The molecule has 2 fully saturated rings. The van der Waals surface area contributed by atoms with Crippen molar-refractivity contribution in [2.75, 3.05) is 13.2 Å². The lowest BCUT2D eigenvalue weighted by atomic mass is 9.86. The zero-order chi connectivity index (χ0) is 13.8. The third kappa shape index (κ3) is 3.38. The SMILES string of the molecule is CCNC1CCC(c2nc(CC3CCCO3)no2)CC1. The maximum atomic E-state index is 5.62. The lowest BCUT2D eigenvalue weighted by molar-refractivity contribution is 0.109. The highest BCUT2D eigenvalue weighted by Crippen LogP contribution is 2.32. The van der Waals surface area contributed by atoms with Gasteiger partial charge in [0.05, 0.1) is 6.10 Å². The molecule has 1 aliphatic carbocycles. The molecule has 1 aromatic rings. The zero-order valence-corrected chi connectivity index (χ0v) is 12.3. The number of hydrogen-bond acceptors (Lipinski definition) is 5. The van der Waals surface area contributed by atoms with Crippen LogP contribution in [0.25, 0.3) is 0 Å². The molecule has 0 aromatic carbocycles. The summed E-state index contributed by atoms with van der Waals surface area (Å²) in [5.41, 5.74) is 0. The van der Waals surface area contributed by atoms with Gasteiger partial charge in [-0.25, -0.2) is 0 Å². The standard InChI is InChI=1S/C15H25N3O2/c1-2-16-12-7-5-11(6-8-12)15-17-14(18-20-15)10-13-4-3-9-19-13/h11-13,16H,2-10H2,1H3. The van der Waals surface area contributed by atoms with E-state index < -0.39 is 0 Å². The first-order valence-corrected chi connectivity index (χ1v) is 8.02. The monoisotopic (exact) mass is 279 g/mol. The molecule has 0 spiro atoms. The Morgan fingerprint density at radius 1 is 1.20 bits per heavy atom. The fraction of sp³-hybridized carbons (Fsp3) is 0.867. The number of rotatable bonds is 5. The predicted molar refractivity (Wildman–Crippen MR) is 75.6 cm³/mol. The Morgan fingerprint density at radius 2 is 2.05 bits per heavy atom. The first-order chi connectivity index (χ1) is 9.85. The van der Waals surface area contributed by atoms with Crippen LogP contribution in [0.3, 0.4) is 0 Å². The molecule has 2 aliphatic rings. The van der Waals surface area contributed by atoms with Gasteiger partial charge in [-0.15, -0.1) is 0 Å². The normalized spacial score (nSPS) is 30.8. The molecule has 3 rings (SSSR count). The summed E-state index contributed by atoms with van der Waals surface area (Å²) in [6.07, 6.45) is 8.10. The first kappa shape index (κ1) is 14.0. The van der Waals surface area contributed by atoms with Crippen LogP contribution >= 0.6 is 0 Å². The molecule has 0 amide bonds. The van der Waals surface area contributed by atoms with Crippen molar-refractivity contribution in [2.45, 2.75) is 69.9 Å². The van der Waals surface area contributed by atoms with E-state index in [0.29, 0.717) is 18.1 Å². The largest absolute Gasteiger partial charge is 0.378 e. The zero-order valence-electron chi connectivity index (χ0n) is 12.3. The second-order valence-corrected chi connectivity index (χ2v) is 5.99. The van der Waals surface area contributed by atoms with Gasteiger partial charge in [-0.3, -0.25) is 0 Å². The van der Waals surface area contributed by atoms with E-state index in [9.17, 15) is 0 Å². The van der Waals surface area contributed by atoms with Crippen LogP contribution in [0.2, 0.25) is 0 Å². The third-order valence-corrected chi connectivity index (χ3v) is 4.49. The molecule has 112 valence electrons. The van der Waals surface area contributed by atoms with Gasteiger partial charge in [-0.1, -0.05) is 12.1 Å². The van der Waals surface area contributed by atoms with Gasteiger partial charge in [0.1, 0.15) is 0 Å². The summed E-state index contributed by atoms with van der Waals surface area (Å²) in [5.74, 6) is 2.12. The molecule has 1 unspecified atom stereocenters. The fourth-order valence-electron chi connectivity index (χ4n) is 3.36. The van der Waals surface area contributed by atoms with Gasteiger partial charge in [-0.2, -0.15) is 4.98 Å². The molecule has 2 heterocycles. The summed E-state index contributed by atoms with van der Waals surface area (Å²) in [5, 5.41) is 7.66. The van der Waals surface area contributed by atoms with Gasteiger partial charge in [0.2, 0.25) is 5.89 Å². The van der Waals surface area contributed by atoms with Crippen molar-refractivity contribution in [1.29, 1.82) is 0 Å². The summed E-state index contributed by atoms with van der Waals surface area (Å²) in [6.45, 7) is 4.10. The second-order valence-electron chi connectivity index (χ2n) is 5.99. The van der Waals surface area contributed by atoms with Gasteiger partial charge in [0.15, 0.2) is 5.82 Å². The van der Waals surface area contributed by atoms with Crippen molar-refractivity contribution >= 4 is 0 Å². The number of hydrogen-bond donors (Lipinski definition) is 1. The van der Waals surface area contributed by atoms with E-state index in [2.05, 4.69) is 22.4 Å². The number of nitrogens with zero attached hydrogens (tertiary/aromatic N) is 2. The lowest BCUT2D eigenvalue weighted by Crippen LogP contribution is -2.32. The molecule has 1 N–H and O–H groups in total. The molecule has 0 radical (unpaired) electrons. The molecule has 1 atom stereocenters. The van der Waals surface area contributed by atoms with Crippen molar-refractivity contribution in [2.24, 2.45) is 0 Å². The van der Waals surface area contributed by atoms with Crippen LogP contribution in [0.4, 0.5) is 0 Å². The summed E-state index contributed by atoms with van der Waals surface area (Å²) in [6, 6.07) is 0.672. The minimum atomic E-state index is 0.296. The van der Waals surface area contributed by atoms with Crippen molar-refractivity contribution < 1.29 is 9.26 Å². The van der Waals surface area contributed by atoms with Crippen molar-refractivity contribution in [3.05, 3.63) is 11.7 Å². The highest BCUT2D eigenvalue weighted by atomic mass is 16.5. The topological polar surface area (TPSA) is 60.2 Å². The smallest absolute Gasteiger partial charge is 0.229 e. The van der Waals surface area contributed by atoms with Gasteiger partial charge < -0.3 is 14.6 Å². The Bertz CT molecular complexity index is 407. The van der Waals surface area contributed by atoms with E-state index in [1.807, 2.05) is 0 Å². The van der Waals surface area contributed by atoms with E-state index in [-0.39, 0.29) is 0 Å². The molecular formula is C15H25N3O2. The van der Waals surface area contributed by atoms with Crippen molar-refractivity contribution in [3.8, 4) is 0 Å². The van der Waals surface area contributed by atoms with E-state index in [1.165, 1.54) is 12.8 Å². The molecule has 1 saturated carbocycles. The quantitative estimate of drug-likeness (QED) is 0.897. The maximum Gasteiger partial charge on any atom is 0.229 e. The third-order valence-electron chi connectivity index (χ3n) is 4.49. The predicted octanol–water partition coefficient (Wildman–Crippen LogP) is 2.43. The Balaban J connectivity index is 1.52. The van der Waals surface area contributed by atoms with Gasteiger partial charge in [-0.05, 0) is 45.1 Å². The number of ether oxygens (including phenoxy) is 1. The van der Waals surface area contributed by atoms with E-state index in [1.54, 1.807) is 0 Å². The average Bonchev–Trinajstić information content (AvgIpc) is 3.12. The highest BCUT2D eigenvalue weighted by Gasteiger charge is 2.27. The van der Waals surface area contributed by atoms with Crippen LogP contribution in [0.1, 0.15) is 63.1 Å². The maximum absolute atomic E-state index is 5.62. The average molecular weight is 279 g/mol. The minimum Gasteiger partial charge on any atom is -0.378 e. The van der Waals surface area contributed by atoms with Gasteiger partial charge >= 0.3 is 0 Å². The van der Waals surface area contributed by atoms with Crippen molar-refractivity contribution in [3.63, 3.8) is 0 Å². The Morgan fingerprint density at radius 3 is 2.75 bits per heavy atom. The molecule has 5 heteroatoms. The fourth-order valence-corrected chi connectivity index (χ4v) is 3.36. The van der Waals surface area contributed by atoms with Crippen LogP contribution in [-0.2, 0) is 11.2 Å². The Labute approximate surface area is 120 Å². The molecule has 0 bridgehead atoms. The Hall–Kier alpha value is -0.940. The van der Waals surface area contributed by atoms with Gasteiger partial charge in [0, 0.05) is 25.0 Å². The van der Waals surface area contributed by atoms with Crippen molar-refractivity contribution in [1.82, 2.24) is 15.5 Å². The van der Waals surface area contributed by atoms with Crippen LogP contribution in [0.15, 0.2) is 4.52 Å². The van der Waals surface area contributed by atoms with E-state index in [4.69, 9.17) is 9.26 Å². The molecule has 5 nitrogen and oxygen atoms in total. The second kappa shape index (κ2) is 6.68. The van der Waals surface area contributed by atoms with E-state index in [0.717, 1.165) is 57.0 Å². The Kier molecular flexibility index (Phi) is 4.68. The summed E-state index contributed by atoms with van der Waals surface area (Å²) < 4.78 is 11.1.